The van der Waals surface area contributed by atoms with Gasteiger partial charge in [-0.1, -0.05) is 87.8 Å². The number of unbranched alkanes of at least 4 members (excludes halogenated alkanes) is 18. The van der Waals surface area contributed by atoms with Gasteiger partial charge in [0, 0.05) is 19.8 Å². The molecule has 0 aromatic heterocycles. The third-order valence-corrected chi connectivity index (χ3v) is 5.88. The van der Waals surface area contributed by atoms with E-state index in [0.29, 0.717) is 0 Å². The average molecular weight is 505 g/mol. The quantitative estimate of drug-likeness (QED) is 0.0722. The van der Waals surface area contributed by atoms with Gasteiger partial charge in [-0.2, -0.15) is 0 Å². The molecule has 0 spiro atoms. The predicted octanol–water partition coefficient (Wildman–Crippen LogP) is 9.73. The van der Waals surface area contributed by atoms with E-state index >= 15 is 0 Å². The first-order valence-corrected chi connectivity index (χ1v) is 14.7. The third kappa shape index (κ3) is 42.2. The van der Waals surface area contributed by atoms with Gasteiger partial charge in [0.05, 0.1) is 0 Å². The monoisotopic (exact) mass is 504 g/mol. The summed E-state index contributed by atoms with van der Waals surface area (Å²) in [5.74, 6) is -0.833. The van der Waals surface area contributed by atoms with Crippen molar-refractivity contribution in [1.82, 2.24) is 0 Å². The summed E-state index contributed by atoms with van der Waals surface area (Å²) in [5.41, 5.74) is 0. The summed E-state index contributed by atoms with van der Waals surface area (Å²) >= 11 is 0. The van der Waals surface area contributed by atoms with Crippen LogP contribution in [0.5, 0.6) is 0 Å². The van der Waals surface area contributed by atoms with Gasteiger partial charge in [0.15, 0.2) is 0 Å². The molecule has 0 rings (SSSR count). The summed E-state index contributed by atoms with van der Waals surface area (Å²) in [6.07, 6.45) is 42.5. The Morgan fingerprint density at radius 3 is 0.889 bits per heavy atom. The molecule has 36 heavy (non-hydrogen) atoms. The molecule has 0 aliphatic carbocycles. The van der Waals surface area contributed by atoms with Crippen LogP contribution in [0.1, 0.15) is 148 Å². The summed E-state index contributed by atoms with van der Waals surface area (Å²) in [5, 5.41) is 7.42. The molecule has 0 fully saturated rings. The van der Waals surface area contributed by atoms with Crippen LogP contribution in [0, 0.1) is 0 Å². The van der Waals surface area contributed by atoms with Crippen LogP contribution < -0.4 is 0 Å². The summed E-state index contributed by atoms with van der Waals surface area (Å²) in [7, 11) is 0. The minimum atomic E-state index is -0.833. The molecule has 0 aromatic rings. The van der Waals surface area contributed by atoms with Gasteiger partial charge in [-0.3, -0.25) is 4.79 Å². The minimum Gasteiger partial charge on any atom is -0.481 e. The lowest BCUT2D eigenvalue weighted by molar-refractivity contribution is -0.134. The molecule has 0 heterocycles. The van der Waals surface area contributed by atoms with Crippen molar-refractivity contribution < 1.29 is 19.5 Å². The molecule has 0 aliphatic heterocycles. The summed E-state index contributed by atoms with van der Waals surface area (Å²) in [6.45, 7) is 1.08. The highest BCUT2D eigenvalue weighted by atomic mass is 16.4. The van der Waals surface area contributed by atoms with Crippen LogP contribution >= 0.6 is 0 Å². The van der Waals surface area contributed by atoms with E-state index in [4.69, 9.17) is 9.90 Å². The van der Waals surface area contributed by atoms with Crippen molar-refractivity contribution in [3.8, 4) is 0 Å². The van der Waals surface area contributed by atoms with Gasteiger partial charge in [-0.25, -0.2) is 0 Å². The average Bonchev–Trinajstić information content (AvgIpc) is 2.85. The molecule has 4 heteroatoms. The van der Waals surface area contributed by atoms with E-state index in [0.717, 1.165) is 64.4 Å². The van der Waals surface area contributed by atoms with E-state index in [1.807, 2.05) is 0 Å². The molecular formula is C32H56O4. The van der Waals surface area contributed by atoms with Gasteiger partial charge in [0.25, 0.3) is 5.97 Å². The van der Waals surface area contributed by atoms with Crippen LogP contribution in [0.3, 0.4) is 0 Å². The molecule has 1 N–H and O–H groups in total. The van der Waals surface area contributed by atoms with Crippen molar-refractivity contribution in [2.24, 2.45) is 0 Å². The molecule has 0 amide bonds. The Labute approximate surface area is 222 Å². The van der Waals surface area contributed by atoms with Gasteiger partial charge >= 0.3 is 0 Å². The first kappa shape index (κ1) is 36.2. The fraction of sp³-hybridized carbons (Fsp3) is 0.719. The molecule has 0 bridgehead atoms. The zero-order chi connectivity index (χ0) is 26.8. The van der Waals surface area contributed by atoms with E-state index in [9.17, 15) is 9.59 Å². The number of hydrogen-bond donors (Lipinski definition) is 1. The highest BCUT2D eigenvalue weighted by Crippen LogP contribution is 2.11. The minimum absolute atomic E-state index is 0.721. The maximum atomic E-state index is 10.2. The first-order valence-electron chi connectivity index (χ1n) is 14.7. The van der Waals surface area contributed by atoms with E-state index in [1.165, 1.54) is 96.3 Å². The Hall–Kier alpha value is -1.97. The molecule has 0 saturated heterocycles. The van der Waals surface area contributed by atoms with Gasteiger partial charge in [-0.15, -0.1) is 0 Å². The molecule has 208 valence electrons. The Morgan fingerprint density at radius 2 is 0.611 bits per heavy atom. The zero-order valence-corrected chi connectivity index (χ0v) is 23.3. The third-order valence-electron chi connectivity index (χ3n) is 5.88. The van der Waals surface area contributed by atoms with Crippen LogP contribution in [0.2, 0.25) is 0 Å². The Morgan fingerprint density at radius 1 is 0.417 bits per heavy atom. The van der Waals surface area contributed by atoms with E-state index in [-0.39, 0.29) is 0 Å². The standard InChI is InChI=1S/C30H52O2.C2H4O2/c31-29-27-25-23-21-19-17-15-13-11-9-7-5-3-1-2-4-6-8-10-12-14-16-18-20-22-24-26-28-30-32;1-2(3)4/h7-10,15,17,29-30H,1-6,11-14,16,18-28H2;1H3,(H,3,4)/b9-7+,10-8+,17-15-;. The fourth-order valence-electron chi connectivity index (χ4n) is 3.82. The number of allylic oxidation sites excluding steroid dienone is 6. The number of carbonyl (C=O) groups excluding carboxylic acids is 2. The second kappa shape index (κ2) is 35.2. The summed E-state index contributed by atoms with van der Waals surface area (Å²) in [4.78, 5) is 29.5. The molecule has 0 aromatic carbocycles. The van der Waals surface area contributed by atoms with Crippen LogP contribution in [-0.2, 0) is 14.4 Å². The lowest BCUT2D eigenvalue weighted by Gasteiger charge is -2.00. The molecule has 0 saturated carbocycles. The number of aldehydes is 2. The Balaban J connectivity index is 0. The van der Waals surface area contributed by atoms with Crippen LogP contribution in [0.4, 0.5) is 0 Å². The number of carboxylic acids is 1. The smallest absolute Gasteiger partial charge is 0.300 e. The van der Waals surface area contributed by atoms with Crippen molar-refractivity contribution >= 4 is 18.5 Å². The maximum Gasteiger partial charge on any atom is 0.300 e. The summed E-state index contributed by atoms with van der Waals surface area (Å²) in [6, 6.07) is 0. The number of hydrogen-bond acceptors (Lipinski definition) is 3. The van der Waals surface area contributed by atoms with Crippen molar-refractivity contribution in [2.45, 2.75) is 148 Å². The highest BCUT2D eigenvalue weighted by Gasteiger charge is 1.92. The topological polar surface area (TPSA) is 71.4 Å². The van der Waals surface area contributed by atoms with Crippen molar-refractivity contribution in [3.05, 3.63) is 36.5 Å². The normalized spacial score (nSPS) is 11.2. The van der Waals surface area contributed by atoms with E-state index in [2.05, 4.69) is 36.5 Å². The molecule has 0 radical (unpaired) electrons. The molecule has 0 unspecified atom stereocenters. The second-order valence-electron chi connectivity index (χ2n) is 9.53. The molecular weight excluding hydrogens is 448 g/mol. The van der Waals surface area contributed by atoms with Crippen LogP contribution in [0.25, 0.3) is 0 Å². The Kier molecular flexibility index (Phi) is 35.4. The van der Waals surface area contributed by atoms with Gasteiger partial charge in [0.1, 0.15) is 12.6 Å². The lowest BCUT2D eigenvalue weighted by atomic mass is 10.1. The van der Waals surface area contributed by atoms with Crippen molar-refractivity contribution in [1.29, 1.82) is 0 Å². The second-order valence-corrected chi connectivity index (χ2v) is 9.53. The van der Waals surface area contributed by atoms with Gasteiger partial charge in [-0.05, 0) is 77.0 Å². The van der Waals surface area contributed by atoms with Crippen molar-refractivity contribution in [3.63, 3.8) is 0 Å². The van der Waals surface area contributed by atoms with Gasteiger partial charge in [0.2, 0.25) is 0 Å². The number of carbonyl (C=O) groups is 3. The first-order chi connectivity index (χ1) is 17.6. The van der Waals surface area contributed by atoms with Crippen LogP contribution in [0.15, 0.2) is 36.5 Å². The molecule has 4 nitrogen and oxygen atoms in total. The SMILES string of the molecule is CC(=O)O.O=CCCCCC/C=C\CC/C=C/CCCCCC/C=C/CCCCCCCCCC=O. The largest absolute Gasteiger partial charge is 0.481 e. The molecule has 0 atom stereocenters. The number of rotatable bonds is 26. The highest BCUT2D eigenvalue weighted by molar-refractivity contribution is 5.62. The maximum absolute atomic E-state index is 10.2. The molecule has 0 aliphatic rings. The number of carboxylic acid groups (broad SMARTS) is 1. The van der Waals surface area contributed by atoms with E-state index in [1.54, 1.807) is 0 Å². The van der Waals surface area contributed by atoms with Gasteiger partial charge < -0.3 is 14.7 Å². The summed E-state index contributed by atoms with van der Waals surface area (Å²) < 4.78 is 0. The van der Waals surface area contributed by atoms with E-state index < -0.39 is 5.97 Å². The Bertz CT molecular complexity index is 544. The number of aliphatic carboxylic acids is 1. The zero-order valence-electron chi connectivity index (χ0n) is 23.3. The fourth-order valence-corrected chi connectivity index (χ4v) is 3.82. The van der Waals surface area contributed by atoms with Crippen molar-refractivity contribution in [2.75, 3.05) is 0 Å². The lowest BCUT2D eigenvalue weighted by Crippen LogP contribution is -1.81. The predicted molar refractivity (Wildman–Crippen MR) is 154 cm³/mol. The van der Waals surface area contributed by atoms with Crippen LogP contribution in [-0.4, -0.2) is 23.6 Å².